The molecule has 3 saturated carbocycles. The summed E-state index contributed by atoms with van der Waals surface area (Å²) >= 11 is 0. The zero-order chi connectivity index (χ0) is 21.0. The van der Waals surface area contributed by atoms with Gasteiger partial charge in [-0.05, 0) is 98.7 Å². The van der Waals surface area contributed by atoms with Gasteiger partial charge in [0.15, 0.2) is 0 Å². The third kappa shape index (κ3) is 4.97. The Hall–Kier alpha value is -0.300. The molecule has 0 heterocycles. The van der Waals surface area contributed by atoms with Crippen LogP contribution in [0, 0.1) is 40.9 Å². The van der Waals surface area contributed by atoms with Crippen molar-refractivity contribution < 1.29 is 5.11 Å². The minimum atomic E-state index is -0.0514. The number of aliphatic hydroxyl groups excluding tert-OH is 1. The molecule has 0 aromatic carbocycles. The van der Waals surface area contributed by atoms with Crippen molar-refractivity contribution in [3.8, 4) is 0 Å². The quantitative estimate of drug-likeness (QED) is 0.351. The molecule has 29 heavy (non-hydrogen) atoms. The maximum Gasteiger partial charge on any atom is 0.0577 e. The third-order valence-corrected chi connectivity index (χ3v) is 9.45. The number of unbranched alkanes of at least 4 members (excludes halogenated alkanes) is 2. The SMILES string of the molecule is CC.CC(C)CCCCCC1CCC2C3CC=C4CC(O)CCC4C3CCC12C. The largest absolute Gasteiger partial charge is 0.393 e. The van der Waals surface area contributed by atoms with Gasteiger partial charge >= 0.3 is 0 Å². The van der Waals surface area contributed by atoms with Gasteiger partial charge in [0.2, 0.25) is 0 Å². The first-order valence-corrected chi connectivity index (χ1v) is 13.4. The summed E-state index contributed by atoms with van der Waals surface area (Å²) in [5.74, 6) is 5.59. The second-order valence-electron chi connectivity index (χ2n) is 11.3. The maximum absolute atomic E-state index is 10.1. The van der Waals surface area contributed by atoms with Crippen LogP contribution in [0.25, 0.3) is 0 Å². The van der Waals surface area contributed by atoms with Gasteiger partial charge in [0, 0.05) is 0 Å². The summed E-state index contributed by atoms with van der Waals surface area (Å²) in [6.07, 6.45) is 20.4. The van der Waals surface area contributed by atoms with Crippen LogP contribution in [-0.2, 0) is 0 Å². The highest BCUT2D eigenvalue weighted by Gasteiger charge is 2.55. The van der Waals surface area contributed by atoms with Gasteiger partial charge in [0.1, 0.15) is 0 Å². The summed E-state index contributed by atoms with van der Waals surface area (Å²) < 4.78 is 0. The van der Waals surface area contributed by atoms with Gasteiger partial charge in [0.25, 0.3) is 0 Å². The summed E-state index contributed by atoms with van der Waals surface area (Å²) in [6, 6.07) is 0. The fourth-order valence-electron chi connectivity index (χ4n) is 7.95. The van der Waals surface area contributed by atoms with E-state index in [1.54, 1.807) is 5.57 Å². The Balaban J connectivity index is 0.00000117. The lowest BCUT2D eigenvalue weighted by Gasteiger charge is -2.54. The Bertz CT molecular complexity index is 534. The predicted molar refractivity (Wildman–Crippen MR) is 126 cm³/mol. The van der Waals surface area contributed by atoms with E-state index >= 15 is 0 Å². The van der Waals surface area contributed by atoms with Crippen molar-refractivity contribution in [2.75, 3.05) is 0 Å². The van der Waals surface area contributed by atoms with Gasteiger partial charge in [-0.3, -0.25) is 0 Å². The smallest absolute Gasteiger partial charge is 0.0577 e. The first-order chi connectivity index (χ1) is 14.0. The Morgan fingerprint density at radius 3 is 2.55 bits per heavy atom. The highest BCUT2D eigenvalue weighted by atomic mass is 16.3. The zero-order valence-corrected chi connectivity index (χ0v) is 20.3. The van der Waals surface area contributed by atoms with E-state index in [1.165, 1.54) is 70.6 Å². The summed E-state index contributed by atoms with van der Waals surface area (Å²) in [7, 11) is 0. The van der Waals surface area contributed by atoms with Crippen LogP contribution in [-0.4, -0.2) is 11.2 Å². The molecule has 0 radical (unpaired) electrons. The molecular weight excluding hydrogens is 352 g/mol. The molecule has 1 N–H and O–H groups in total. The molecule has 4 aliphatic carbocycles. The number of hydrogen-bond acceptors (Lipinski definition) is 1. The maximum atomic E-state index is 10.1. The number of aliphatic hydroxyl groups is 1. The molecule has 0 aliphatic heterocycles. The Labute approximate surface area is 182 Å². The second-order valence-corrected chi connectivity index (χ2v) is 11.3. The normalized spacial score (nSPS) is 41.0. The van der Waals surface area contributed by atoms with Crippen molar-refractivity contribution in [2.24, 2.45) is 40.9 Å². The minimum absolute atomic E-state index is 0.0514. The van der Waals surface area contributed by atoms with Crippen LogP contribution in [0.1, 0.15) is 118 Å². The standard InChI is InChI=1S/C26H44O.C2H6/c1-18(2)7-5-4-6-8-20-10-14-25-24-12-9-19-17-21(27)11-13-22(19)23(24)15-16-26(20,25)3;1-2/h9,18,20-25,27H,4-8,10-17H2,1-3H3;1-2H3. The number of allylic oxidation sites excluding steroid dienone is 1. The molecule has 0 aromatic heterocycles. The third-order valence-electron chi connectivity index (χ3n) is 9.45. The van der Waals surface area contributed by atoms with E-state index in [0.29, 0.717) is 5.41 Å². The molecule has 0 amide bonds. The summed E-state index contributed by atoms with van der Waals surface area (Å²) in [5.41, 5.74) is 2.27. The average Bonchev–Trinajstić information content (AvgIpc) is 3.05. The number of fused-ring (bicyclic) bond motifs is 5. The molecule has 168 valence electrons. The van der Waals surface area contributed by atoms with Gasteiger partial charge in [-0.2, -0.15) is 0 Å². The first kappa shape index (κ1) is 23.4. The Kier molecular flexibility index (Phi) is 8.33. The lowest BCUT2D eigenvalue weighted by molar-refractivity contribution is -0.0200. The van der Waals surface area contributed by atoms with E-state index in [1.807, 2.05) is 13.8 Å². The molecule has 7 unspecified atom stereocenters. The highest BCUT2D eigenvalue weighted by molar-refractivity contribution is 5.20. The van der Waals surface area contributed by atoms with Crippen molar-refractivity contribution in [1.29, 1.82) is 0 Å². The van der Waals surface area contributed by atoms with Crippen molar-refractivity contribution in [3.05, 3.63) is 11.6 Å². The summed E-state index contributed by atoms with van der Waals surface area (Å²) in [5, 5.41) is 10.1. The van der Waals surface area contributed by atoms with Gasteiger partial charge in [-0.25, -0.2) is 0 Å². The molecule has 0 spiro atoms. The van der Waals surface area contributed by atoms with Crippen molar-refractivity contribution >= 4 is 0 Å². The fraction of sp³-hybridized carbons (Fsp3) is 0.929. The van der Waals surface area contributed by atoms with E-state index in [9.17, 15) is 5.11 Å². The topological polar surface area (TPSA) is 20.2 Å². The number of rotatable bonds is 6. The Morgan fingerprint density at radius 2 is 1.79 bits per heavy atom. The lowest BCUT2D eigenvalue weighted by Crippen LogP contribution is -2.46. The van der Waals surface area contributed by atoms with E-state index in [2.05, 4.69) is 26.8 Å². The fourth-order valence-corrected chi connectivity index (χ4v) is 7.95. The molecule has 7 atom stereocenters. The van der Waals surface area contributed by atoms with Crippen LogP contribution >= 0.6 is 0 Å². The van der Waals surface area contributed by atoms with E-state index in [-0.39, 0.29) is 6.10 Å². The average molecular weight is 403 g/mol. The molecule has 1 heteroatoms. The monoisotopic (exact) mass is 402 g/mol. The molecule has 4 aliphatic rings. The Morgan fingerprint density at radius 1 is 1.00 bits per heavy atom. The van der Waals surface area contributed by atoms with Gasteiger partial charge in [-0.1, -0.05) is 72.0 Å². The van der Waals surface area contributed by atoms with Crippen molar-refractivity contribution in [2.45, 2.75) is 124 Å². The van der Waals surface area contributed by atoms with Crippen LogP contribution in [0.15, 0.2) is 11.6 Å². The first-order valence-electron chi connectivity index (χ1n) is 13.4. The highest BCUT2D eigenvalue weighted by Crippen LogP contribution is 2.64. The van der Waals surface area contributed by atoms with Crippen molar-refractivity contribution in [1.82, 2.24) is 0 Å². The molecule has 0 aromatic rings. The zero-order valence-electron chi connectivity index (χ0n) is 20.3. The summed E-state index contributed by atoms with van der Waals surface area (Å²) in [6.45, 7) is 11.4. The van der Waals surface area contributed by atoms with Gasteiger partial charge < -0.3 is 5.11 Å². The van der Waals surface area contributed by atoms with Crippen LogP contribution in [0.3, 0.4) is 0 Å². The molecule has 3 fully saturated rings. The van der Waals surface area contributed by atoms with Crippen LogP contribution in [0.4, 0.5) is 0 Å². The second kappa shape index (κ2) is 10.3. The predicted octanol–water partition coefficient (Wildman–Crippen LogP) is 8.17. The van der Waals surface area contributed by atoms with Crippen molar-refractivity contribution in [3.63, 3.8) is 0 Å². The van der Waals surface area contributed by atoms with Crippen LogP contribution in [0.5, 0.6) is 0 Å². The van der Waals surface area contributed by atoms with Gasteiger partial charge in [0.05, 0.1) is 6.10 Å². The van der Waals surface area contributed by atoms with Crippen LogP contribution < -0.4 is 0 Å². The molecule has 0 saturated heterocycles. The minimum Gasteiger partial charge on any atom is -0.393 e. The molecular formula is C28H50O. The summed E-state index contributed by atoms with van der Waals surface area (Å²) in [4.78, 5) is 0. The van der Waals surface area contributed by atoms with E-state index in [0.717, 1.165) is 48.3 Å². The number of hydrogen-bond donors (Lipinski definition) is 1. The van der Waals surface area contributed by atoms with E-state index < -0.39 is 0 Å². The van der Waals surface area contributed by atoms with Gasteiger partial charge in [-0.15, -0.1) is 0 Å². The molecule has 4 rings (SSSR count). The van der Waals surface area contributed by atoms with Crippen LogP contribution in [0.2, 0.25) is 0 Å². The lowest BCUT2D eigenvalue weighted by atomic mass is 9.51. The van der Waals surface area contributed by atoms with E-state index in [4.69, 9.17) is 0 Å². The molecule has 0 bridgehead atoms. The molecule has 1 nitrogen and oxygen atoms in total.